The molecule has 128 valence electrons. The van der Waals surface area contributed by atoms with Gasteiger partial charge in [-0.25, -0.2) is 0 Å². The summed E-state index contributed by atoms with van der Waals surface area (Å²) in [5.74, 6) is -0.0559. The summed E-state index contributed by atoms with van der Waals surface area (Å²) in [6.45, 7) is 3.90. The van der Waals surface area contributed by atoms with Gasteiger partial charge in [-0.05, 0) is 43.7 Å². The average molecular weight is 371 g/mol. The van der Waals surface area contributed by atoms with Gasteiger partial charge in [0.25, 0.3) is 0 Å². The fourth-order valence-electron chi connectivity index (χ4n) is 2.12. The van der Waals surface area contributed by atoms with Crippen molar-refractivity contribution in [1.29, 1.82) is 0 Å². The molecule has 0 bridgehead atoms. The fraction of sp³-hybridized carbons (Fsp3) is 0.167. The summed E-state index contributed by atoms with van der Waals surface area (Å²) >= 11 is 2.83. The van der Waals surface area contributed by atoms with E-state index in [0.717, 1.165) is 15.7 Å². The van der Waals surface area contributed by atoms with Crippen LogP contribution in [0.2, 0.25) is 0 Å². The van der Waals surface area contributed by atoms with Crippen molar-refractivity contribution in [3.05, 3.63) is 60.2 Å². The molecule has 0 aliphatic carbocycles. The molecule has 0 radical (unpaired) electrons. The van der Waals surface area contributed by atoms with E-state index >= 15 is 0 Å². The molecule has 0 spiro atoms. The number of amides is 1. The summed E-state index contributed by atoms with van der Waals surface area (Å²) in [4.78, 5) is 12.3. The van der Waals surface area contributed by atoms with Gasteiger partial charge in [0.1, 0.15) is 0 Å². The minimum atomic E-state index is -0.264. The van der Waals surface area contributed by atoms with Crippen LogP contribution < -0.4 is 10.6 Å². The molecule has 1 aromatic heterocycles. The molecular formula is C18H18N4OS2. The topological polar surface area (TPSA) is 66.9 Å². The number of nitrogens with one attached hydrogen (secondary N) is 2. The van der Waals surface area contributed by atoms with E-state index in [1.807, 2.05) is 68.4 Å². The van der Waals surface area contributed by atoms with Gasteiger partial charge in [0.2, 0.25) is 11.0 Å². The van der Waals surface area contributed by atoms with E-state index in [-0.39, 0.29) is 11.2 Å². The molecule has 3 aromatic rings. The van der Waals surface area contributed by atoms with Gasteiger partial charge in [-0.2, -0.15) is 0 Å². The SMILES string of the molecule is Cc1cccc(Nc2nnc(S[C@@H](C)C(=O)Nc3ccccc3)s2)c1. The zero-order chi connectivity index (χ0) is 17.6. The van der Waals surface area contributed by atoms with Crippen molar-refractivity contribution >= 4 is 45.5 Å². The second-order valence-electron chi connectivity index (χ2n) is 5.48. The monoisotopic (exact) mass is 370 g/mol. The van der Waals surface area contributed by atoms with Crippen LogP contribution in [-0.4, -0.2) is 21.4 Å². The first-order valence-corrected chi connectivity index (χ1v) is 9.49. The molecule has 0 unspecified atom stereocenters. The van der Waals surface area contributed by atoms with Crippen molar-refractivity contribution in [2.24, 2.45) is 0 Å². The molecule has 0 saturated carbocycles. The van der Waals surface area contributed by atoms with Gasteiger partial charge in [-0.1, -0.05) is 53.4 Å². The van der Waals surface area contributed by atoms with Gasteiger partial charge < -0.3 is 10.6 Å². The van der Waals surface area contributed by atoms with Gasteiger partial charge >= 0.3 is 0 Å². The lowest BCUT2D eigenvalue weighted by Crippen LogP contribution is -2.22. The van der Waals surface area contributed by atoms with Crippen molar-refractivity contribution in [2.45, 2.75) is 23.4 Å². The minimum Gasteiger partial charge on any atom is -0.330 e. The third-order valence-electron chi connectivity index (χ3n) is 3.36. The molecule has 0 aliphatic heterocycles. The normalized spacial score (nSPS) is 11.8. The largest absolute Gasteiger partial charge is 0.330 e. The maximum absolute atomic E-state index is 12.3. The van der Waals surface area contributed by atoms with E-state index in [2.05, 4.69) is 20.8 Å². The van der Waals surface area contributed by atoms with Crippen LogP contribution in [0.1, 0.15) is 12.5 Å². The number of hydrogen-bond acceptors (Lipinski definition) is 6. The predicted octanol–water partition coefficient (Wildman–Crippen LogP) is 4.71. The van der Waals surface area contributed by atoms with E-state index in [1.165, 1.54) is 28.7 Å². The van der Waals surface area contributed by atoms with Crippen LogP contribution in [0.15, 0.2) is 58.9 Å². The quantitative estimate of drug-likeness (QED) is 0.615. The van der Waals surface area contributed by atoms with Crippen molar-refractivity contribution in [2.75, 3.05) is 10.6 Å². The first-order chi connectivity index (χ1) is 12.1. The van der Waals surface area contributed by atoms with E-state index in [0.29, 0.717) is 5.13 Å². The molecule has 0 saturated heterocycles. The number of anilines is 3. The van der Waals surface area contributed by atoms with E-state index in [4.69, 9.17) is 0 Å². The van der Waals surface area contributed by atoms with E-state index in [9.17, 15) is 4.79 Å². The molecule has 2 N–H and O–H groups in total. The first kappa shape index (κ1) is 17.4. The van der Waals surface area contributed by atoms with Crippen LogP contribution >= 0.6 is 23.1 Å². The number of benzene rings is 2. The molecule has 1 amide bonds. The number of thioether (sulfide) groups is 1. The van der Waals surface area contributed by atoms with Gasteiger partial charge in [-0.3, -0.25) is 4.79 Å². The Bertz CT molecular complexity index is 851. The molecule has 3 rings (SSSR count). The van der Waals surface area contributed by atoms with Crippen molar-refractivity contribution < 1.29 is 4.79 Å². The number of carbonyl (C=O) groups excluding carboxylic acids is 1. The highest BCUT2D eigenvalue weighted by atomic mass is 32.2. The molecule has 2 aromatic carbocycles. The number of aryl methyl sites for hydroxylation is 1. The maximum Gasteiger partial charge on any atom is 0.237 e. The Morgan fingerprint density at radius 3 is 2.60 bits per heavy atom. The predicted molar refractivity (Wildman–Crippen MR) is 105 cm³/mol. The Morgan fingerprint density at radius 2 is 1.84 bits per heavy atom. The van der Waals surface area contributed by atoms with E-state index in [1.54, 1.807) is 0 Å². The molecule has 25 heavy (non-hydrogen) atoms. The summed E-state index contributed by atoms with van der Waals surface area (Å²) < 4.78 is 0.755. The zero-order valence-electron chi connectivity index (χ0n) is 13.9. The maximum atomic E-state index is 12.3. The number of hydrogen-bond donors (Lipinski definition) is 2. The van der Waals surface area contributed by atoms with Crippen molar-refractivity contribution in [1.82, 2.24) is 10.2 Å². The molecule has 0 aliphatic rings. The van der Waals surface area contributed by atoms with Gasteiger partial charge in [-0.15, -0.1) is 10.2 Å². The number of carbonyl (C=O) groups is 1. The third kappa shape index (κ3) is 5.04. The van der Waals surface area contributed by atoms with Crippen LogP contribution in [0.3, 0.4) is 0 Å². The van der Waals surface area contributed by atoms with Crippen LogP contribution in [0.4, 0.5) is 16.5 Å². The Labute approximate surface area is 154 Å². The smallest absolute Gasteiger partial charge is 0.237 e. The fourth-order valence-corrected chi connectivity index (χ4v) is 4.04. The first-order valence-electron chi connectivity index (χ1n) is 7.80. The number of aromatic nitrogens is 2. The standard InChI is InChI=1S/C18H18N4OS2/c1-12-7-6-10-15(11-12)20-17-21-22-18(25-17)24-13(2)16(23)19-14-8-4-3-5-9-14/h3-11,13H,1-2H3,(H,19,23)(H,20,21)/t13-/m0/s1. The van der Waals surface area contributed by atoms with Crippen LogP contribution in [0.25, 0.3) is 0 Å². The molecule has 1 atom stereocenters. The molecule has 1 heterocycles. The molecular weight excluding hydrogens is 352 g/mol. The average Bonchev–Trinajstić information content (AvgIpc) is 3.02. The Hall–Kier alpha value is -2.38. The van der Waals surface area contributed by atoms with Crippen LogP contribution in [-0.2, 0) is 4.79 Å². The Kier molecular flexibility index (Phi) is 5.67. The number of nitrogens with zero attached hydrogens (tertiary/aromatic N) is 2. The lowest BCUT2D eigenvalue weighted by atomic mass is 10.2. The zero-order valence-corrected chi connectivity index (χ0v) is 15.5. The number of rotatable bonds is 6. The highest BCUT2D eigenvalue weighted by molar-refractivity contribution is 8.02. The summed E-state index contributed by atoms with van der Waals surface area (Å²) in [6, 6.07) is 17.5. The van der Waals surface area contributed by atoms with Crippen LogP contribution in [0.5, 0.6) is 0 Å². The summed E-state index contributed by atoms with van der Waals surface area (Å²) in [5.41, 5.74) is 2.94. The lowest BCUT2D eigenvalue weighted by Gasteiger charge is -2.09. The van der Waals surface area contributed by atoms with Gasteiger partial charge in [0.05, 0.1) is 5.25 Å². The van der Waals surface area contributed by atoms with E-state index < -0.39 is 0 Å². The second-order valence-corrected chi connectivity index (χ2v) is 8.05. The molecule has 0 fully saturated rings. The lowest BCUT2D eigenvalue weighted by molar-refractivity contribution is -0.115. The highest BCUT2D eigenvalue weighted by Crippen LogP contribution is 2.31. The van der Waals surface area contributed by atoms with Crippen molar-refractivity contribution in [3.8, 4) is 0 Å². The Balaban J connectivity index is 1.58. The Morgan fingerprint density at radius 1 is 1.08 bits per heavy atom. The minimum absolute atomic E-state index is 0.0559. The third-order valence-corrected chi connectivity index (χ3v) is 5.39. The van der Waals surface area contributed by atoms with Crippen molar-refractivity contribution in [3.63, 3.8) is 0 Å². The summed E-state index contributed by atoms with van der Waals surface area (Å²) in [5, 5.41) is 14.9. The van der Waals surface area contributed by atoms with Gasteiger partial charge in [0.15, 0.2) is 4.34 Å². The van der Waals surface area contributed by atoms with Gasteiger partial charge in [0, 0.05) is 11.4 Å². The highest BCUT2D eigenvalue weighted by Gasteiger charge is 2.17. The molecule has 7 heteroatoms. The summed E-state index contributed by atoms with van der Waals surface area (Å²) in [7, 11) is 0. The molecule has 5 nitrogen and oxygen atoms in total. The second kappa shape index (κ2) is 8.13. The summed E-state index contributed by atoms with van der Waals surface area (Å²) in [6.07, 6.45) is 0. The van der Waals surface area contributed by atoms with Crippen LogP contribution in [0, 0.1) is 6.92 Å². The number of para-hydroxylation sites is 1.